The van der Waals surface area contributed by atoms with Gasteiger partial charge < -0.3 is 21.5 Å². The van der Waals surface area contributed by atoms with E-state index < -0.39 is 0 Å². The molecular formula is C19H41BrClN. The Morgan fingerprint density at radius 3 is 1.36 bits per heavy atom. The van der Waals surface area contributed by atoms with Crippen molar-refractivity contribution in [2.75, 3.05) is 32.6 Å². The summed E-state index contributed by atoms with van der Waals surface area (Å²) in [7, 11) is 2.46. The Balaban J connectivity index is 0. The Bertz CT molecular complexity index is 214. The number of alkyl halides is 1. The minimum absolute atomic E-state index is 0. The van der Waals surface area contributed by atoms with Crippen molar-refractivity contribution in [3.8, 4) is 0 Å². The number of unbranched alkanes of at least 4 members (excludes halogenated alkanes) is 9. The molecule has 136 valence electrons. The van der Waals surface area contributed by atoms with Gasteiger partial charge in [-0.15, -0.1) is 11.6 Å². The van der Waals surface area contributed by atoms with E-state index in [-0.39, 0.29) is 17.0 Å². The van der Waals surface area contributed by atoms with Crippen molar-refractivity contribution in [3.63, 3.8) is 0 Å². The van der Waals surface area contributed by atoms with Crippen molar-refractivity contribution in [2.24, 2.45) is 0 Å². The van der Waals surface area contributed by atoms with Crippen LogP contribution >= 0.6 is 11.6 Å². The summed E-state index contributed by atoms with van der Waals surface area (Å²) < 4.78 is 1.26. The highest BCUT2D eigenvalue weighted by Gasteiger charge is 2.19. The lowest BCUT2D eigenvalue weighted by atomic mass is 10.1. The molecule has 0 heterocycles. The van der Waals surface area contributed by atoms with Gasteiger partial charge in [-0.1, -0.05) is 58.8 Å². The molecule has 1 unspecified atom stereocenters. The second-order valence-electron chi connectivity index (χ2n) is 7.01. The van der Waals surface area contributed by atoms with E-state index in [2.05, 4.69) is 20.9 Å². The van der Waals surface area contributed by atoms with E-state index in [1.807, 2.05) is 0 Å². The van der Waals surface area contributed by atoms with E-state index in [9.17, 15) is 0 Å². The second-order valence-corrected chi connectivity index (χ2v) is 7.39. The van der Waals surface area contributed by atoms with E-state index in [1.165, 1.54) is 101 Å². The van der Waals surface area contributed by atoms with Crippen molar-refractivity contribution >= 4 is 11.6 Å². The zero-order valence-corrected chi connectivity index (χ0v) is 17.9. The summed E-state index contributed by atoms with van der Waals surface area (Å²) in [5, 5.41) is 0. The molecule has 0 N–H and O–H groups in total. The lowest BCUT2D eigenvalue weighted by molar-refractivity contribution is -0.910. The highest BCUT2D eigenvalue weighted by molar-refractivity contribution is 6.17. The number of quaternary nitrogens is 1. The average Bonchev–Trinajstić information content (AvgIpc) is 2.49. The van der Waals surface area contributed by atoms with Crippen molar-refractivity contribution in [1.82, 2.24) is 0 Å². The molecule has 0 fully saturated rings. The van der Waals surface area contributed by atoms with Crippen LogP contribution in [0.4, 0.5) is 0 Å². The summed E-state index contributed by atoms with van der Waals surface area (Å²) in [6, 6.07) is 0. The van der Waals surface area contributed by atoms with Gasteiger partial charge in [0, 0.05) is 12.3 Å². The van der Waals surface area contributed by atoms with Crippen LogP contribution in [0, 0.1) is 0 Å². The largest absolute Gasteiger partial charge is 1.00 e. The van der Waals surface area contributed by atoms with E-state index in [0.29, 0.717) is 0 Å². The zero-order valence-electron chi connectivity index (χ0n) is 15.5. The predicted octanol–water partition coefficient (Wildman–Crippen LogP) is 3.40. The van der Waals surface area contributed by atoms with Crippen molar-refractivity contribution in [3.05, 3.63) is 0 Å². The van der Waals surface area contributed by atoms with Gasteiger partial charge in [0.25, 0.3) is 0 Å². The molecule has 0 aliphatic heterocycles. The molecule has 1 atom stereocenters. The molecule has 0 aliphatic rings. The molecule has 22 heavy (non-hydrogen) atoms. The molecule has 0 spiro atoms. The molecule has 1 nitrogen and oxygen atoms in total. The van der Waals surface area contributed by atoms with E-state index in [0.717, 1.165) is 5.88 Å². The van der Waals surface area contributed by atoms with Crippen LogP contribution in [0.25, 0.3) is 0 Å². The Hall–Kier alpha value is 0.730. The maximum absolute atomic E-state index is 5.92. The summed E-state index contributed by atoms with van der Waals surface area (Å²) in [6.07, 6.45) is 16.6. The molecule has 0 amide bonds. The van der Waals surface area contributed by atoms with Crippen LogP contribution < -0.4 is 17.0 Å². The molecule has 0 saturated heterocycles. The monoisotopic (exact) mass is 397 g/mol. The first-order chi connectivity index (χ1) is 10.2. The molecule has 0 saturated carbocycles. The third-order valence-electron chi connectivity index (χ3n) is 4.68. The van der Waals surface area contributed by atoms with E-state index in [4.69, 9.17) is 11.6 Å². The van der Waals surface area contributed by atoms with Crippen LogP contribution in [0.3, 0.4) is 0 Å². The van der Waals surface area contributed by atoms with Gasteiger partial charge in [-0.25, -0.2) is 0 Å². The maximum Gasteiger partial charge on any atom is 0.0796 e. The molecule has 0 rings (SSSR count). The lowest BCUT2D eigenvalue weighted by Gasteiger charge is -2.35. The van der Waals surface area contributed by atoms with Gasteiger partial charge in [-0.2, -0.15) is 0 Å². The summed E-state index contributed by atoms with van der Waals surface area (Å²) in [4.78, 5) is 0. The standard InChI is InChI=1S/C19H41ClN.BrH/c1-4-6-8-10-12-14-18-21(3,19-15-16-20)17-13-11-9-7-5-2;/h4-19H2,1-3H3;1H/q+1;/p-1. The number of nitrogens with zero attached hydrogens (tertiary/aromatic N) is 1. The number of hydrogen-bond acceptors (Lipinski definition) is 0. The topological polar surface area (TPSA) is 0 Å². The SMILES string of the molecule is CCCCCCCC[N+](C)(CCCCl)CCCCCCC.[Br-]. The normalized spacial score (nSPS) is 13.6. The van der Waals surface area contributed by atoms with Gasteiger partial charge >= 0.3 is 0 Å². The third kappa shape index (κ3) is 15.6. The second kappa shape index (κ2) is 18.1. The van der Waals surface area contributed by atoms with Crippen molar-refractivity contribution < 1.29 is 21.5 Å². The van der Waals surface area contributed by atoms with Gasteiger partial charge in [0.15, 0.2) is 0 Å². The number of hydrogen-bond donors (Lipinski definition) is 0. The smallest absolute Gasteiger partial charge is 0.0796 e. The lowest BCUT2D eigenvalue weighted by Crippen LogP contribution is -3.00. The van der Waals surface area contributed by atoms with Crippen LogP contribution in [0.1, 0.15) is 90.9 Å². The molecule has 0 aromatic carbocycles. The molecule has 0 aromatic heterocycles. The number of halogens is 2. The van der Waals surface area contributed by atoms with Gasteiger partial charge in [-0.3, -0.25) is 0 Å². The molecule has 3 heteroatoms. The van der Waals surface area contributed by atoms with Gasteiger partial charge in [0.1, 0.15) is 0 Å². The summed E-state index contributed by atoms with van der Waals surface area (Å²) >= 11 is 5.92. The van der Waals surface area contributed by atoms with Crippen LogP contribution in [0.15, 0.2) is 0 Å². The number of rotatable bonds is 16. The maximum atomic E-state index is 5.92. The predicted molar refractivity (Wildman–Crippen MR) is 98.3 cm³/mol. The minimum atomic E-state index is 0. The van der Waals surface area contributed by atoms with Gasteiger partial charge in [0.2, 0.25) is 0 Å². The zero-order chi connectivity index (χ0) is 15.8. The minimum Gasteiger partial charge on any atom is -1.00 e. The highest BCUT2D eigenvalue weighted by atomic mass is 79.9. The summed E-state index contributed by atoms with van der Waals surface area (Å²) in [5.41, 5.74) is 0. The van der Waals surface area contributed by atoms with Gasteiger partial charge in [0.05, 0.1) is 26.7 Å². The Morgan fingerprint density at radius 1 is 0.591 bits per heavy atom. The van der Waals surface area contributed by atoms with Crippen molar-refractivity contribution in [2.45, 2.75) is 90.9 Å². The van der Waals surface area contributed by atoms with E-state index >= 15 is 0 Å². The molecule has 0 aromatic rings. The van der Waals surface area contributed by atoms with Crippen molar-refractivity contribution in [1.29, 1.82) is 0 Å². The first kappa shape index (κ1) is 25.0. The van der Waals surface area contributed by atoms with Crippen LogP contribution in [-0.2, 0) is 0 Å². The summed E-state index contributed by atoms with van der Waals surface area (Å²) in [6.45, 7) is 8.57. The first-order valence-corrected chi connectivity index (χ1v) is 10.1. The Kier molecular flexibility index (Phi) is 20.5. The quantitative estimate of drug-likeness (QED) is 0.212. The highest BCUT2D eigenvalue weighted by Crippen LogP contribution is 2.14. The van der Waals surface area contributed by atoms with Crippen LogP contribution in [0.2, 0.25) is 0 Å². The fourth-order valence-electron chi connectivity index (χ4n) is 3.15. The summed E-state index contributed by atoms with van der Waals surface area (Å²) in [5.74, 6) is 0.820. The van der Waals surface area contributed by atoms with Crippen LogP contribution in [-0.4, -0.2) is 37.0 Å². The average molecular weight is 399 g/mol. The molecular weight excluding hydrogens is 358 g/mol. The fraction of sp³-hybridized carbons (Fsp3) is 1.00. The molecule has 0 radical (unpaired) electrons. The van der Waals surface area contributed by atoms with Gasteiger partial charge in [-0.05, 0) is 25.7 Å². The third-order valence-corrected chi connectivity index (χ3v) is 4.95. The van der Waals surface area contributed by atoms with E-state index in [1.54, 1.807) is 0 Å². The fourth-order valence-corrected chi connectivity index (χ4v) is 3.27. The Morgan fingerprint density at radius 2 is 0.955 bits per heavy atom. The Labute approximate surface area is 156 Å². The molecule has 0 bridgehead atoms. The first-order valence-electron chi connectivity index (χ1n) is 9.58. The molecule has 0 aliphatic carbocycles. The van der Waals surface area contributed by atoms with Crippen LogP contribution in [0.5, 0.6) is 0 Å².